The lowest BCUT2D eigenvalue weighted by Gasteiger charge is -2.19. The molecule has 1 N–H and O–H groups in total. The Hall–Kier alpha value is -0.880. The van der Waals surface area contributed by atoms with Gasteiger partial charge in [0.15, 0.2) is 9.84 Å². The highest BCUT2D eigenvalue weighted by atomic mass is 32.2. The number of hydrogen-bond donors (Lipinski definition) is 1. The predicted molar refractivity (Wildman–Crippen MR) is 80.0 cm³/mol. The Morgan fingerprint density at radius 3 is 2.90 bits per heavy atom. The van der Waals surface area contributed by atoms with Gasteiger partial charge in [-0.25, -0.2) is 8.42 Å². The third kappa shape index (κ3) is 2.76. The molecule has 0 radical (unpaired) electrons. The molecule has 2 aliphatic rings. The van der Waals surface area contributed by atoms with Gasteiger partial charge in [0.2, 0.25) is 0 Å². The van der Waals surface area contributed by atoms with Gasteiger partial charge in [-0.05, 0) is 37.2 Å². The summed E-state index contributed by atoms with van der Waals surface area (Å²) in [6, 6.07) is -0.217. The molecule has 0 bridgehead atoms. The molecular formula is C14H19NO3S2. The van der Waals surface area contributed by atoms with Crippen molar-refractivity contribution in [2.45, 2.75) is 38.6 Å². The molecule has 2 unspecified atom stereocenters. The molecule has 1 aromatic heterocycles. The SMILES string of the molecule is CC1CCc2c(C(=O)NC3CCS(=O)(=O)C3)csc2C1. The quantitative estimate of drug-likeness (QED) is 0.905. The van der Waals surface area contributed by atoms with Crippen molar-refractivity contribution < 1.29 is 13.2 Å². The van der Waals surface area contributed by atoms with Crippen LogP contribution in [0.2, 0.25) is 0 Å². The fourth-order valence-corrected chi connectivity index (χ4v) is 5.96. The first-order valence-electron chi connectivity index (χ1n) is 7.05. The molecule has 1 aromatic rings. The number of amides is 1. The molecule has 20 heavy (non-hydrogen) atoms. The minimum absolute atomic E-state index is 0.0854. The predicted octanol–water partition coefficient (Wildman–Crippen LogP) is 1.79. The van der Waals surface area contributed by atoms with Gasteiger partial charge >= 0.3 is 0 Å². The van der Waals surface area contributed by atoms with Crippen LogP contribution in [0, 0.1) is 5.92 Å². The third-order valence-electron chi connectivity index (χ3n) is 4.21. The van der Waals surface area contributed by atoms with Crippen LogP contribution in [0.25, 0.3) is 0 Å². The Morgan fingerprint density at radius 2 is 2.20 bits per heavy atom. The van der Waals surface area contributed by atoms with Gasteiger partial charge < -0.3 is 5.32 Å². The van der Waals surface area contributed by atoms with Crippen molar-refractivity contribution >= 4 is 27.1 Å². The van der Waals surface area contributed by atoms with Gasteiger partial charge in [-0.2, -0.15) is 0 Å². The van der Waals surface area contributed by atoms with Crippen molar-refractivity contribution in [3.05, 3.63) is 21.4 Å². The number of sulfone groups is 1. The van der Waals surface area contributed by atoms with E-state index in [0.717, 1.165) is 24.8 Å². The Bertz CT molecular complexity index is 633. The Labute approximate surface area is 123 Å². The summed E-state index contributed by atoms with van der Waals surface area (Å²) in [5.41, 5.74) is 1.95. The lowest BCUT2D eigenvalue weighted by molar-refractivity contribution is 0.0940. The number of thiophene rings is 1. The molecule has 2 heterocycles. The number of carbonyl (C=O) groups is 1. The van der Waals surface area contributed by atoms with Gasteiger partial charge in [0, 0.05) is 16.3 Å². The maximum Gasteiger partial charge on any atom is 0.252 e. The molecule has 0 saturated carbocycles. The molecule has 3 rings (SSSR count). The molecular weight excluding hydrogens is 294 g/mol. The van der Waals surface area contributed by atoms with E-state index in [4.69, 9.17) is 0 Å². The van der Waals surface area contributed by atoms with Crippen LogP contribution in [0.5, 0.6) is 0 Å². The monoisotopic (exact) mass is 313 g/mol. The molecule has 6 heteroatoms. The average molecular weight is 313 g/mol. The Balaban J connectivity index is 1.72. The molecule has 2 atom stereocenters. The van der Waals surface area contributed by atoms with Gasteiger partial charge in [0.1, 0.15) is 0 Å². The van der Waals surface area contributed by atoms with Crippen molar-refractivity contribution in [3.8, 4) is 0 Å². The summed E-state index contributed by atoms with van der Waals surface area (Å²) in [6.07, 6.45) is 3.69. The highest BCUT2D eigenvalue weighted by molar-refractivity contribution is 7.91. The first kappa shape index (κ1) is 14.1. The minimum Gasteiger partial charge on any atom is -0.348 e. The molecule has 1 aliphatic heterocycles. The lowest BCUT2D eigenvalue weighted by Crippen LogP contribution is -2.36. The van der Waals surface area contributed by atoms with Crippen molar-refractivity contribution in [1.82, 2.24) is 5.32 Å². The summed E-state index contributed by atoms with van der Waals surface area (Å²) in [5.74, 6) is 0.871. The molecule has 1 amide bonds. The highest BCUT2D eigenvalue weighted by Crippen LogP contribution is 2.32. The smallest absolute Gasteiger partial charge is 0.252 e. The average Bonchev–Trinajstić information content (AvgIpc) is 2.92. The van der Waals surface area contributed by atoms with Crippen LogP contribution in [-0.2, 0) is 22.7 Å². The van der Waals surface area contributed by atoms with E-state index < -0.39 is 9.84 Å². The van der Waals surface area contributed by atoms with E-state index in [9.17, 15) is 13.2 Å². The van der Waals surface area contributed by atoms with Crippen LogP contribution in [0.4, 0.5) is 0 Å². The van der Waals surface area contributed by atoms with Crippen LogP contribution < -0.4 is 5.32 Å². The fourth-order valence-electron chi connectivity index (χ4n) is 3.04. The van der Waals surface area contributed by atoms with E-state index in [1.807, 2.05) is 5.38 Å². The molecule has 1 saturated heterocycles. The summed E-state index contributed by atoms with van der Waals surface area (Å²) in [6.45, 7) is 2.24. The van der Waals surface area contributed by atoms with Crippen LogP contribution in [0.1, 0.15) is 40.6 Å². The minimum atomic E-state index is -2.95. The van der Waals surface area contributed by atoms with Gasteiger partial charge in [-0.1, -0.05) is 6.92 Å². The Kier molecular flexibility index (Phi) is 3.62. The zero-order valence-corrected chi connectivity index (χ0v) is 13.1. The van der Waals surface area contributed by atoms with E-state index in [1.54, 1.807) is 11.3 Å². The molecule has 1 fully saturated rings. The second-order valence-electron chi connectivity index (χ2n) is 5.97. The van der Waals surface area contributed by atoms with Crippen LogP contribution in [-0.4, -0.2) is 31.9 Å². The third-order valence-corrected chi connectivity index (χ3v) is 7.03. The second kappa shape index (κ2) is 5.15. The van der Waals surface area contributed by atoms with Gasteiger partial charge in [-0.3, -0.25) is 4.79 Å². The van der Waals surface area contributed by atoms with Gasteiger partial charge in [0.25, 0.3) is 5.91 Å². The zero-order valence-electron chi connectivity index (χ0n) is 11.5. The topological polar surface area (TPSA) is 63.2 Å². The van der Waals surface area contributed by atoms with Crippen molar-refractivity contribution in [2.75, 3.05) is 11.5 Å². The molecule has 1 aliphatic carbocycles. The van der Waals surface area contributed by atoms with Gasteiger partial charge in [0.05, 0.1) is 17.1 Å². The van der Waals surface area contributed by atoms with E-state index in [0.29, 0.717) is 12.3 Å². The van der Waals surface area contributed by atoms with Crippen LogP contribution in [0.3, 0.4) is 0 Å². The van der Waals surface area contributed by atoms with E-state index in [2.05, 4.69) is 12.2 Å². The van der Waals surface area contributed by atoms with E-state index in [-0.39, 0.29) is 23.5 Å². The summed E-state index contributed by atoms with van der Waals surface area (Å²) in [4.78, 5) is 13.7. The fraction of sp³-hybridized carbons (Fsp3) is 0.643. The lowest BCUT2D eigenvalue weighted by atomic mass is 9.88. The molecule has 110 valence electrons. The highest BCUT2D eigenvalue weighted by Gasteiger charge is 2.30. The summed E-state index contributed by atoms with van der Waals surface area (Å²) < 4.78 is 22.9. The number of nitrogens with one attached hydrogen (secondary N) is 1. The maximum absolute atomic E-state index is 12.3. The first-order chi connectivity index (χ1) is 9.44. The van der Waals surface area contributed by atoms with Gasteiger partial charge in [-0.15, -0.1) is 11.3 Å². The summed E-state index contributed by atoms with van der Waals surface area (Å²) >= 11 is 1.66. The summed E-state index contributed by atoms with van der Waals surface area (Å²) in [5, 5.41) is 4.82. The molecule has 0 aromatic carbocycles. The van der Waals surface area contributed by atoms with Crippen LogP contribution in [0.15, 0.2) is 5.38 Å². The van der Waals surface area contributed by atoms with Crippen LogP contribution >= 0.6 is 11.3 Å². The Morgan fingerprint density at radius 1 is 1.40 bits per heavy atom. The van der Waals surface area contributed by atoms with Crippen molar-refractivity contribution in [3.63, 3.8) is 0 Å². The zero-order chi connectivity index (χ0) is 14.3. The first-order valence-corrected chi connectivity index (χ1v) is 9.75. The van der Waals surface area contributed by atoms with Crippen molar-refractivity contribution in [2.24, 2.45) is 5.92 Å². The summed E-state index contributed by atoms with van der Waals surface area (Å²) in [7, 11) is -2.95. The second-order valence-corrected chi connectivity index (χ2v) is 9.17. The molecule has 4 nitrogen and oxygen atoms in total. The normalized spacial score (nSPS) is 28.1. The maximum atomic E-state index is 12.3. The van der Waals surface area contributed by atoms with E-state index in [1.165, 1.54) is 10.4 Å². The largest absolute Gasteiger partial charge is 0.348 e. The standard InChI is InChI=1S/C14H19NO3S2/c1-9-2-3-11-12(7-19-13(11)6-9)14(16)15-10-4-5-20(17,18)8-10/h7,9-10H,2-6,8H2,1H3,(H,15,16). The number of hydrogen-bond acceptors (Lipinski definition) is 4. The van der Waals surface area contributed by atoms with Crippen molar-refractivity contribution in [1.29, 1.82) is 0 Å². The van der Waals surface area contributed by atoms with E-state index >= 15 is 0 Å². The number of carbonyl (C=O) groups excluding carboxylic acids is 1. The number of fused-ring (bicyclic) bond motifs is 1. The molecule has 0 spiro atoms. The number of rotatable bonds is 2.